The van der Waals surface area contributed by atoms with Gasteiger partial charge in [-0.1, -0.05) is 0 Å². The van der Waals surface area contributed by atoms with E-state index in [0.29, 0.717) is 0 Å². The summed E-state index contributed by atoms with van der Waals surface area (Å²) in [5.74, 6) is -1.71. The van der Waals surface area contributed by atoms with Gasteiger partial charge in [-0.3, -0.25) is 14.9 Å². The number of carbonyl (C=O) groups is 1. The lowest BCUT2D eigenvalue weighted by Crippen LogP contribution is -2.34. The minimum atomic E-state index is -0.935. The first-order valence-electron chi connectivity index (χ1n) is 5.35. The molecule has 1 atom stereocenters. The van der Waals surface area contributed by atoms with Gasteiger partial charge in [0.2, 0.25) is 0 Å². The summed E-state index contributed by atoms with van der Waals surface area (Å²) in [6.45, 7) is -0.132. The van der Waals surface area contributed by atoms with Crippen LogP contribution in [0.15, 0.2) is 18.2 Å². The molecule has 1 rings (SSSR count). The molecule has 0 aliphatic carbocycles. The maximum absolute atomic E-state index is 13.4. The SMILES string of the molecule is COCC(O)CNC(=O)c1cc([N+](=O)[O-])ccc1F. The molecule has 1 unspecified atom stereocenters. The predicted molar refractivity (Wildman–Crippen MR) is 63.3 cm³/mol. The van der Waals surface area contributed by atoms with Crippen molar-refractivity contribution in [1.29, 1.82) is 0 Å². The van der Waals surface area contributed by atoms with Crippen molar-refractivity contribution >= 4 is 11.6 Å². The molecule has 19 heavy (non-hydrogen) atoms. The Hall–Kier alpha value is -2.06. The van der Waals surface area contributed by atoms with Crippen LogP contribution < -0.4 is 5.32 Å². The number of rotatable bonds is 6. The number of aliphatic hydroxyl groups excluding tert-OH is 1. The van der Waals surface area contributed by atoms with Crippen LogP contribution in [0.1, 0.15) is 10.4 Å². The van der Waals surface area contributed by atoms with E-state index in [0.717, 1.165) is 18.2 Å². The number of hydrogen-bond donors (Lipinski definition) is 2. The number of ether oxygens (including phenoxy) is 1. The van der Waals surface area contributed by atoms with Crippen LogP contribution >= 0.6 is 0 Å². The van der Waals surface area contributed by atoms with Crippen molar-refractivity contribution in [2.75, 3.05) is 20.3 Å². The normalized spacial score (nSPS) is 11.9. The fourth-order valence-electron chi connectivity index (χ4n) is 1.36. The quantitative estimate of drug-likeness (QED) is 0.579. The van der Waals surface area contributed by atoms with Crippen LogP contribution in [0.3, 0.4) is 0 Å². The highest BCUT2D eigenvalue weighted by Gasteiger charge is 2.17. The van der Waals surface area contributed by atoms with Crippen molar-refractivity contribution < 1.29 is 24.0 Å². The Bertz CT molecular complexity index is 480. The van der Waals surface area contributed by atoms with Gasteiger partial charge in [0.15, 0.2) is 0 Å². The van der Waals surface area contributed by atoms with Crippen LogP contribution in [0, 0.1) is 15.9 Å². The fraction of sp³-hybridized carbons (Fsp3) is 0.364. The van der Waals surface area contributed by atoms with E-state index in [1.807, 2.05) is 0 Å². The first-order chi connectivity index (χ1) is 8.95. The van der Waals surface area contributed by atoms with E-state index >= 15 is 0 Å². The third-order valence-corrected chi connectivity index (χ3v) is 2.26. The summed E-state index contributed by atoms with van der Waals surface area (Å²) in [6.07, 6.45) is -0.935. The van der Waals surface area contributed by atoms with Crippen molar-refractivity contribution in [3.63, 3.8) is 0 Å². The summed E-state index contributed by atoms with van der Waals surface area (Å²) < 4.78 is 18.0. The molecule has 0 bridgehead atoms. The van der Waals surface area contributed by atoms with Crippen LogP contribution in [-0.2, 0) is 4.74 Å². The molecule has 0 aliphatic heterocycles. The second kappa shape index (κ2) is 6.76. The standard InChI is InChI=1S/C11H13FN2O5/c1-19-6-8(15)5-13-11(16)9-4-7(14(17)18)2-3-10(9)12/h2-4,8,15H,5-6H2,1H3,(H,13,16). The Labute approximate surface area is 108 Å². The van der Waals surface area contributed by atoms with Gasteiger partial charge in [0, 0.05) is 25.8 Å². The lowest BCUT2D eigenvalue weighted by molar-refractivity contribution is -0.384. The Morgan fingerprint density at radius 3 is 2.89 bits per heavy atom. The van der Waals surface area contributed by atoms with Gasteiger partial charge in [0.25, 0.3) is 11.6 Å². The van der Waals surface area contributed by atoms with Crippen LogP contribution in [0.25, 0.3) is 0 Å². The summed E-state index contributed by atoms with van der Waals surface area (Å²) in [5.41, 5.74) is -0.831. The number of methoxy groups -OCH3 is 1. The van der Waals surface area contributed by atoms with Gasteiger partial charge in [-0.05, 0) is 6.07 Å². The number of hydrogen-bond acceptors (Lipinski definition) is 5. The molecule has 7 nitrogen and oxygen atoms in total. The molecule has 0 heterocycles. The number of nitrogens with one attached hydrogen (secondary N) is 1. The predicted octanol–water partition coefficient (Wildman–Crippen LogP) is 0.471. The van der Waals surface area contributed by atoms with Crippen molar-refractivity contribution in [3.05, 3.63) is 39.7 Å². The van der Waals surface area contributed by atoms with Crippen molar-refractivity contribution in [3.8, 4) is 0 Å². The molecule has 0 fully saturated rings. The monoisotopic (exact) mass is 272 g/mol. The van der Waals surface area contributed by atoms with Crippen molar-refractivity contribution in [1.82, 2.24) is 5.32 Å². The maximum atomic E-state index is 13.4. The smallest absolute Gasteiger partial charge is 0.270 e. The van der Waals surface area contributed by atoms with Crippen LogP contribution in [0.5, 0.6) is 0 Å². The highest BCUT2D eigenvalue weighted by atomic mass is 19.1. The van der Waals surface area contributed by atoms with E-state index in [1.165, 1.54) is 7.11 Å². The molecule has 2 N–H and O–H groups in total. The van der Waals surface area contributed by atoms with Gasteiger partial charge in [0.05, 0.1) is 23.2 Å². The van der Waals surface area contributed by atoms with Crippen LogP contribution in [0.2, 0.25) is 0 Å². The Morgan fingerprint density at radius 1 is 1.63 bits per heavy atom. The Kier molecular flexibility index (Phi) is 5.34. The van der Waals surface area contributed by atoms with Gasteiger partial charge in [0.1, 0.15) is 5.82 Å². The number of amides is 1. The van der Waals surface area contributed by atoms with Crippen molar-refractivity contribution in [2.24, 2.45) is 0 Å². The summed E-state index contributed by atoms with van der Waals surface area (Å²) in [7, 11) is 1.38. The van der Waals surface area contributed by atoms with Gasteiger partial charge in [-0.2, -0.15) is 0 Å². The van der Waals surface area contributed by atoms with Crippen LogP contribution in [-0.4, -0.2) is 42.3 Å². The number of carbonyl (C=O) groups excluding carboxylic acids is 1. The largest absolute Gasteiger partial charge is 0.389 e. The second-order valence-electron chi connectivity index (χ2n) is 3.74. The van der Waals surface area contributed by atoms with E-state index in [2.05, 4.69) is 10.1 Å². The van der Waals surface area contributed by atoms with Gasteiger partial charge < -0.3 is 15.2 Å². The van der Waals surface area contributed by atoms with Gasteiger partial charge >= 0.3 is 0 Å². The topological polar surface area (TPSA) is 102 Å². The summed E-state index contributed by atoms with van der Waals surface area (Å²) in [4.78, 5) is 21.4. The second-order valence-corrected chi connectivity index (χ2v) is 3.74. The number of nitro benzene ring substituents is 1. The third-order valence-electron chi connectivity index (χ3n) is 2.26. The zero-order valence-corrected chi connectivity index (χ0v) is 10.1. The molecule has 0 saturated carbocycles. The van der Waals surface area contributed by atoms with E-state index in [1.54, 1.807) is 0 Å². The molecular formula is C11H13FN2O5. The number of aliphatic hydroxyl groups is 1. The van der Waals surface area contributed by atoms with E-state index in [9.17, 15) is 24.4 Å². The lowest BCUT2D eigenvalue weighted by Gasteiger charge is -2.11. The first-order valence-corrected chi connectivity index (χ1v) is 5.35. The number of benzene rings is 1. The molecule has 0 saturated heterocycles. The summed E-state index contributed by atoms with van der Waals surface area (Å²) in [5, 5.41) is 22.1. The minimum Gasteiger partial charge on any atom is -0.389 e. The summed E-state index contributed by atoms with van der Waals surface area (Å²) >= 11 is 0. The average Bonchev–Trinajstić information content (AvgIpc) is 2.36. The number of non-ortho nitro benzene ring substituents is 1. The molecule has 104 valence electrons. The molecule has 0 aromatic heterocycles. The molecule has 0 spiro atoms. The highest BCUT2D eigenvalue weighted by Crippen LogP contribution is 2.16. The lowest BCUT2D eigenvalue weighted by atomic mass is 10.1. The average molecular weight is 272 g/mol. The zero-order valence-electron chi connectivity index (χ0n) is 10.1. The number of nitro groups is 1. The molecule has 1 aromatic rings. The third kappa shape index (κ3) is 4.27. The summed E-state index contributed by atoms with van der Waals surface area (Å²) in [6, 6.07) is 2.65. The highest BCUT2D eigenvalue weighted by molar-refractivity contribution is 5.95. The molecule has 0 radical (unpaired) electrons. The van der Waals surface area contributed by atoms with E-state index < -0.39 is 28.3 Å². The Balaban J connectivity index is 2.76. The minimum absolute atomic E-state index is 0.0116. The number of nitrogens with zero attached hydrogens (tertiary/aromatic N) is 1. The van der Waals surface area contributed by atoms with Gasteiger partial charge in [-0.25, -0.2) is 4.39 Å². The maximum Gasteiger partial charge on any atom is 0.270 e. The van der Waals surface area contributed by atoms with Crippen LogP contribution in [0.4, 0.5) is 10.1 Å². The molecular weight excluding hydrogens is 259 g/mol. The molecule has 8 heteroatoms. The fourth-order valence-corrected chi connectivity index (χ4v) is 1.36. The first kappa shape index (κ1) is 15.0. The molecule has 0 aliphatic rings. The van der Waals surface area contributed by atoms with Gasteiger partial charge in [-0.15, -0.1) is 0 Å². The van der Waals surface area contributed by atoms with Crippen molar-refractivity contribution in [2.45, 2.75) is 6.10 Å². The molecule has 1 amide bonds. The van der Waals surface area contributed by atoms with E-state index in [-0.39, 0.29) is 18.8 Å². The number of halogens is 1. The zero-order chi connectivity index (χ0) is 14.4. The molecule has 1 aromatic carbocycles. The van der Waals surface area contributed by atoms with E-state index in [4.69, 9.17) is 0 Å². The Morgan fingerprint density at radius 2 is 2.32 bits per heavy atom.